The van der Waals surface area contributed by atoms with Gasteiger partial charge >= 0.3 is 23.9 Å². The molecule has 0 bridgehead atoms. The Hall–Kier alpha value is -3.54. The molecular weight excluding hydrogens is 693 g/mol. The lowest BCUT2D eigenvalue weighted by molar-refractivity contribution is -0.305. The van der Waals surface area contributed by atoms with Gasteiger partial charge in [0.05, 0.1) is 28.3 Å². The van der Waals surface area contributed by atoms with Gasteiger partial charge in [-0.25, -0.2) is 0 Å². The van der Waals surface area contributed by atoms with Crippen molar-refractivity contribution in [2.45, 2.75) is 140 Å². The summed E-state index contributed by atoms with van der Waals surface area (Å²) in [5.74, 6) is -2.56. The van der Waals surface area contributed by atoms with Crippen LogP contribution in [0, 0.1) is 21.7 Å². The normalized spacial score (nSPS) is 21.7. The smallest absolute Gasteiger partial charge is 0.313 e. The van der Waals surface area contributed by atoms with Crippen molar-refractivity contribution in [2.24, 2.45) is 21.7 Å². The van der Waals surface area contributed by atoms with E-state index in [1.807, 2.05) is 60.7 Å². The van der Waals surface area contributed by atoms with Crippen molar-refractivity contribution in [3.8, 4) is 0 Å². The van der Waals surface area contributed by atoms with Crippen molar-refractivity contribution < 1.29 is 47.3 Å². The van der Waals surface area contributed by atoms with Crippen molar-refractivity contribution >= 4 is 42.6 Å². The van der Waals surface area contributed by atoms with E-state index in [0.717, 1.165) is 10.4 Å². The molecule has 10 nitrogen and oxygen atoms in total. The van der Waals surface area contributed by atoms with Gasteiger partial charge in [-0.1, -0.05) is 81.4 Å². The largest absolute Gasteiger partial charge is 0.455 e. The second-order valence-corrected chi connectivity index (χ2v) is 23.3. The fourth-order valence-electron chi connectivity index (χ4n) is 5.66. The molecule has 3 rings (SSSR count). The average molecular weight is 755 g/mol. The van der Waals surface area contributed by atoms with Crippen LogP contribution in [0.2, 0.25) is 5.04 Å². The fourth-order valence-corrected chi connectivity index (χ4v) is 10.2. The summed E-state index contributed by atoms with van der Waals surface area (Å²) in [5.41, 5.74) is -3.96. The quantitative estimate of drug-likeness (QED) is 0.154. The zero-order valence-corrected chi connectivity index (χ0v) is 35.4. The molecular formula is C42H62O10Si. The minimum absolute atomic E-state index is 0.164. The number of hydrogen-bond donors (Lipinski definition) is 0. The van der Waals surface area contributed by atoms with Gasteiger partial charge in [0.25, 0.3) is 8.32 Å². The summed E-state index contributed by atoms with van der Waals surface area (Å²) in [4.78, 5) is 54.5. The molecule has 0 saturated carbocycles. The van der Waals surface area contributed by atoms with Crippen LogP contribution in [0.15, 0.2) is 60.7 Å². The number of carbonyl (C=O) groups excluding carboxylic acids is 4. The molecule has 11 heteroatoms. The van der Waals surface area contributed by atoms with Gasteiger partial charge in [-0.3, -0.25) is 19.2 Å². The van der Waals surface area contributed by atoms with Crippen LogP contribution in [0.4, 0.5) is 0 Å². The molecule has 0 amide bonds. The average Bonchev–Trinajstić information content (AvgIpc) is 3.02. The number of esters is 4. The molecule has 294 valence electrons. The van der Waals surface area contributed by atoms with E-state index in [4.69, 9.17) is 28.1 Å². The standard InChI is InChI=1S/C42H62O10Si/c1-38(2,3)34(43)49-30-29(26-47-53(42(13,14)15,27-22-18-16-19-23-27)28-24-20-17-21-25-28)48-33(52-37(46)41(10,11)12)32(51-36(45)40(7,8)9)31(30)50-35(44)39(4,5)6/h16-25,29-33H,26H2,1-15H3/t29?,30-,31+,32?,33-/m0/s1. The highest BCUT2D eigenvalue weighted by Crippen LogP contribution is 2.39. The van der Waals surface area contributed by atoms with E-state index in [2.05, 4.69) is 20.8 Å². The molecule has 0 N–H and O–H groups in total. The van der Waals surface area contributed by atoms with Crippen LogP contribution in [0.5, 0.6) is 0 Å². The van der Waals surface area contributed by atoms with Gasteiger partial charge in [0.15, 0.2) is 12.2 Å². The van der Waals surface area contributed by atoms with Crippen molar-refractivity contribution in [3.05, 3.63) is 60.7 Å². The predicted octanol–water partition coefficient (Wildman–Crippen LogP) is 6.75. The molecule has 1 aliphatic rings. The van der Waals surface area contributed by atoms with Crippen LogP contribution in [-0.2, 0) is 47.3 Å². The molecule has 2 unspecified atom stereocenters. The second-order valence-electron chi connectivity index (χ2n) is 19.0. The lowest BCUT2D eigenvalue weighted by Crippen LogP contribution is -2.69. The minimum atomic E-state index is -3.20. The first-order chi connectivity index (χ1) is 24.1. The zero-order chi connectivity index (χ0) is 40.4. The Labute approximate surface area is 317 Å². The highest BCUT2D eigenvalue weighted by Gasteiger charge is 2.58. The van der Waals surface area contributed by atoms with E-state index >= 15 is 0 Å². The Bertz CT molecular complexity index is 1530. The number of carbonyl (C=O) groups is 4. The van der Waals surface area contributed by atoms with Gasteiger partial charge in [-0.15, -0.1) is 0 Å². The number of rotatable bonds is 9. The number of benzene rings is 2. The van der Waals surface area contributed by atoms with Gasteiger partial charge in [-0.2, -0.15) is 0 Å². The summed E-state index contributed by atoms with van der Waals surface area (Å²) in [6.07, 6.45) is -6.99. The van der Waals surface area contributed by atoms with E-state index < -0.39 is 89.6 Å². The fraction of sp³-hybridized carbons (Fsp3) is 0.619. The Morgan fingerprint density at radius 3 is 1.21 bits per heavy atom. The maximum Gasteiger partial charge on any atom is 0.313 e. The highest BCUT2D eigenvalue weighted by molar-refractivity contribution is 6.99. The summed E-state index contributed by atoms with van der Waals surface area (Å²) in [6, 6.07) is 20.0. The molecule has 0 aliphatic carbocycles. The summed E-state index contributed by atoms with van der Waals surface area (Å²) in [6.45, 7) is 26.4. The third kappa shape index (κ3) is 10.6. The molecule has 53 heavy (non-hydrogen) atoms. The molecule has 2 aromatic carbocycles. The molecule has 5 atom stereocenters. The molecule has 1 heterocycles. The monoisotopic (exact) mass is 754 g/mol. The summed E-state index contributed by atoms with van der Waals surface area (Å²) >= 11 is 0. The first-order valence-electron chi connectivity index (χ1n) is 18.4. The van der Waals surface area contributed by atoms with Gasteiger partial charge in [-0.05, 0) is 98.5 Å². The molecule has 1 fully saturated rings. The Morgan fingerprint density at radius 1 is 0.509 bits per heavy atom. The third-order valence-corrected chi connectivity index (χ3v) is 13.9. The van der Waals surface area contributed by atoms with Gasteiger partial charge in [0.1, 0.15) is 6.10 Å². The molecule has 0 radical (unpaired) electrons. The third-order valence-electron chi connectivity index (χ3n) is 8.87. The van der Waals surface area contributed by atoms with Crippen LogP contribution in [0.25, 0.3) is 0 Å². The molecule has 2 aromatic rings. The lowest BCUT2D eigenvalue weighted by atomic mass is 9.93. The Kier molecular flexibility index (Phi) is 13.3. The zero-order valence-electron chi connectivity index (χ0n) is 34.4. The predicted molar refractivity (Wildman–Crippen MR) is 206 cm³/mol. The molecule has 1 saturated heterocycles. The first kappa shape index (κ1) is 43.9. The van der Waals surface area contributed by atoms with Crippen LogP contribution in [0.3, 0.4) is 0 Å². The van der Waals surface area contributed by atoms with E-state index in [-0.39, 0.29) is 6.61 Å². The molecule has 0 spiro atoms. The van der Waals surface area contributed by atoms with Crippen molar-refractivity contribution in [3.63, 3.8) is 0 Å². The van der Waals surface area contributed by atoms with E-state index in [9.17, 15) is 19.2 Å². The minimum Gasteiger partial charge on any atom is -0.455 e. The van der Waals surface area contributed by atoms with Gasteiger partial charge in [0, 0.05) is 0 Å². The Balaban J connectivity index is 2.31. The van der Waals surface area contributed by atoms with Crippen molar-refractivity contribution in [1.82, 2.24) is 0 Å². The van der Waals surface area contributed by atoms with Crippen LogP contribution >= 0.6 is 0 Å². The van der Waals surface area contributed by atoms with Crippen molar-refractivity contribution in [1.29, 1.82) is 0 Å². The summed E-state index contributed by atoms with van der Waals surface area (Å²) < 4.78 is 38.3. The number of ether oxygens (including phenoxy) is 5. The summed E-state index contributed by atoms with van der Waals surface area (Å²) in [7, 11) is -3.20. The molecule has 0 aromatic heterocycles. The van der Waals surface area contributed by atoms with E-state index in [1.54, 1.807) is 83.1 Å². The maximum absolute atomic E-state index is 13.7. The van der Waals surface area contributed by atoms with Crippen LogP contribution in [0.1, 0.15) is 104 Å². The van der Waals surface area contributed by atoms with Crippen LogP contribution < -0.4 is 10.4 Å². The van der Waals surface area contributed by atoms with Gasteiger partial charge in [0.2, 0.25) is 12.4 Å². The topological polar surface area (TPSA) is 124 Å². The lowest BCUT2D eigenvalue weighted by Gasteiger charge is -2.48. The van der Waals surface area contributed by atoms with Crippen LogP contribution in [-0.4, -0.2) is 69.5 Å². The van der Waals surface area contributed by atoms with Crippen molar-refractivity contribution in [2.75, 3.05) is 6.61 Å². The van der Waals surface area contributed by atoms with E-state index in [1.165, 1.54) is 0 Å². The first-order valence-corrected chi connectivity index (χ1v) is 20.3. The maximum atomic E-state index is 13.7. The summed E-state index contributed by atoms with van der Waals surface area (Å²) in [5, 5.41) is 1.57. The SMILES string of the molecule is CC(C)(C)C(=O)OC1[C@H](OC(=O)C(C)(C)C)OC(CO[Si](c2ccccc2)(c2ccccc2)C(C)(C)C)[C@H](OC(=O)C(C)(C)C)[C@H]1OC(=O)C(C)(C)C. The van der Waals surface area contributed by atoms with Gasteiger partial charge < -0.3 is 28.1 Å². The second kappa shape index (κ2) is 16.1. The Morgan fingerprint density at radius 2 is 0.849 bits per heavy atom. The number of hydrogen-bond acceptors (Lipinski definition) is 10. The van der Waals surface area contributed by atoms with E-state index in [0.29, 0.717) is 0 Å². The highest BCUT2D eigenvalue weighted by atomic mass is 28.4. The molecule has 1 aliphatic heterocycles.